The average molecular weight is 315 g/mol. The first-order chi connectivity index (χ1) is 10.2. The molecule has 0 radical (unpaired) electrons. The Bertz CT molecular complexity index is 340. The monoisotopic (exact) mass is 315 g/mol. The van der Waals surface area contributed by atoms with E-state index < -0.39 is 5.41 Å². The lowest BCUT2D eigenvalue weighted by molar-refractivity contribution is -0.128. The highest BCUT2D eigenvalue weighted by Crippen LogP contribution is 2.35. The minimum Gasteiger partial charge on any atom is -0.409 e. The smallest absolute Gasteiger partial charge is 0.233 e. The van der Waals surface area contributed by atoms with E-state index in [9.17, 15) is 4.79 Å². The zero-order chi connectivity index (χ0) is 15.6. The van der Waals surface area contributed by atoms with Crippen LogP contribution in [0.3, 0.4) is 0 Å². The number of nitrogens with zero attached hydrogens (tertiary/aromatic N) is 1. The molecule has 0 bridgehead atoms. The summed E-state index contributed by atoms with van der Waals surface area (Å²) in [6, 6.07) is 0. The second-order valence-electron chi connectivity index (χ2n) is 5.79. The van der Waals surface area contributed by atoms with Crippen LogP contribution in [0.15, 0.2) is 5.16 Å². The first-order valence-electron chi connectivity index (χ1n) is 7.92. The molecule has 1 aliphatic carbocycles. The van der Waals surface area contributed by atoms with Gasteiger partial charge in [0, 0.05) is 6.54 Å². The van der Waals surface area contributed by atoms with E-state index in [4.69, 9.17) is 10.9 Å². The van der Waals surface area contributed by atoms with Crippen molar-refractivity contribution in [2.75, 3.05) is 18.6 Å². The fourth-order valence-electron chi connectivity index (χ4n) is 2.95. The molecule has 1 rings (SSSR count). The van der Waals surface area contributed by atoms with Crippen LogP contribution in [0.2, 0.25) is 0 Å². The van der Waals surface area contributed by atoms with Gasteiger partial charge in [0.2, 0.25) is 5.91 Å². The maximum absolute atomic E-state index is 12.6. The first-order valence-corrected chi connectivity index (χ1v) is 9.32. The molecule has 1 fully saturated rings. The molecule has 21 heavy (non-hydrogen) atoms. The third-order valence-electron chi connectivity index (χ3n) is 4.30. The maximum atomic E-state index is 12.6. The number of rotatable bonds is 8. The van der Waals surface area contributed by atoms with Crippen LogP contribution in [0.1, 0.15) is 57.8 Å². The van der Waals surface area contributed by atoms with Crippen LogP contribution in [0.25, 0.3) is 0 Å². The van der Waals surface area contributed by atoms with Gasteiger partial charge in [-0.15, -0.1) is 0 Å². The summed E-state index contributed by atoms with van der Waals surface area (Å²) in [5, 5.41) is 15.2. The number of nitrogens with one attached hydrogen (secondary N) is 1. The number of thioether (sulfide) groups is 1. The highest BCUT2D eigenvalue weighted by molar-refractivity contribution is 7.98. The molecule has 0 heterocycles. The molecule has 0 aromatic heterocycles. The molecule has 0 unspecified atom stereocenters. The second kappa shape index (κ2) is 9.92. The Morgan fingerprint density at radius 1 is 1.24 bits per heavy atom. The Labute approximate surface area is 132 Å². The van der Waals surface area contributed by atoms with E-state index in [0.29, 0.717) is 19.4 Å². The van der Waals surface area contributed by atoms with Crippen LogP contribution in [-0.4, -0.2) is 35.5 Å². The quantitative estimate of drug-likeness (QED) is 0.160. The molecule has 0 aromatic rings. The number of hydrogen-bond donors (Lipinski definition) is 3. The lowest BCUT2D eigenvalue weighted by atomic mass is 9.78. The fourth-order valence-corrected chi connectivity index (χ4v) is 3.44. The minimum atomic E-state index is -0.801. The predicted molar refractivity (Wildman–Crippen MR) is 88.8 cm³/mol. The summed E-state index contributed by atoms with van der Waals surface area (Å²) in [6.07, 6.45) is 10.9. The fraction of sp³-hybridized carbons (Fsp3) is 0.867. The molecule has 4 N–H and O–H groups in total. The molecule has 0 spiro atoms. The van der Waals surface area contributed by atoms with Crippen LogP contribution in [0.4, 0.5) is 0 Å². The maximum Gasteiger partial charge on any atom is 0.233 e. The molecule has 5 nitrogen and oxygen atoms in total. The third kappa shape index (κ3) is 5.41. The number of unbranched alkanes of at least 4 members (excludes halogenated alkanes) is 2. The summed E-state index contributed by atoms with van der Waals surface area (Å²) in [5.41, 5.74) is 5.06. The molecule has 1 amide bonds. The number of amides is 1. The summed E-state index contributed by atoms with van der Waals surface area (Å²) in [5.74, 6) is 1.18. The number of amidine groups is 1. The summed E-state index contributed by atoms with van der Waals surface area (Å²) in [4.78, 5) is 12.6. The SMILES string of the molecule is CSCCCCCNC(=O)C1(C(N)=NO)CCCCCC1. The standard InChI is InChI=1S/C15H29N3O2S/c1-21-12-8-4-7-11-17-14(19)15(13(16)18-20)9-5-2-3-6-10-15/h20H,2-12H2,1H3,(H2,16,18)(H,17,19). The molecule has 6 heteroatoms. The largest absolute Gasteiger partial charge is 0.409 e. The predicted octanol–water partition coefficient (Wildman–Crippen LogP) is 2.72. The van der Waals surface area contributed by atoms with E-state index >= 15 is 0 Å². The van der Waals surface area contributed by atoms with Gasteiger partial charge < -0.3 is 16.3 Å². The number of hydrogen-bond acceptors (Lipinski definition) is 4. The summed E-state index contributed by atoms with van der Waals surface area (Å²) >= 11 is 1.85. The first kappa shape index (κ1) is 18.1. The summed E-state index contributed by atoms with van der Waals surface area (Å²) in [7, 11) is 0. The van der Waals surface area contributed by atoms with Crippen molar-refractivity contribution >= 4 is 23.5 Å². The molecular weight excluding hydrogens is 286 g/mol. The van der Waals surface area contributed by atoms with Gasteiger partial charge in [-0.25, -0.2) is 0 Å². The van der Waals surface area contributed by atoms with Crippen molar-refractivity contribution in [1.29, 1.82) is 0 Å². The lowest BCUT2D eigenvalue weighted by Crippen LogP contribution is -2.49. The number of nitrogens with two attached hydrogens (primary N) is 1. The van der Waals surface area contributed by atoms with E-state index in [0.717, 1.165) is 38.5 Å². The second-order valence-corrected chi connectivity index (χ2v) is 6.78. The summed E-state index contributed by atoms with van der Waals surface area (Å²) in [6.45, 7) is 0.674. The molecule has 0 aromatic carbocycles. The van der Waals surface area contributed by atoms with Gasteiger partial charge in [-0.3, -0.25) is 4.79 Å². The van der Waals surface area contributed by atoms with Crippen LogP contribution >= 0.6 is 11.8 Å². The van der Waals surface area contributed by atoms with E-state index in [2.05, 4.69) is 16.7 Å². The topological polar surface area (TPSA) is 87.7 Å². The Morgan fingerprint density at radius 3 is 2.48 bits per heavy atom. The van der Waals surface area contributed by atoms with Crippen molar-refractivity contribution in [2.24, 2.45) is 16.3 Å². The van der Waals surface area contributed by atoms with Gasteiger partial charge in [0.05, 0.1) is 0 Å². The van der Waals surface area contributed by atoms with Crippen LogP contribution in [-0.2, 0) is 4.79 Å². The minimum absolute atomic E-state index is 0.0652. The third-order valence-corrected chi connectivity index (χ3v) is 5.00. The van der Waals surface area contributed by atoms with Crippen molar-refractivity contribution < 1.29 is 10.0 Å². The molecule has 0 saturated heterocycles. The zero-order valence-corrected chi connectivity index (χ0v) is 13.9. The van der Waals surface area contributed by atoms with Crippen LogP contribution < -0.4 is 11.1 Å². The summed E-state index contributed by atoms with van der Waals surface area (Å²) < 4.78 is 0. The van der Waals surface area contributed by atoms with E-state index in [1.165, 1.54) is 12.2 Å². The normalized spacial score (nSPS) is 19.0. The average Bonchev–Trinajstić information content (AvgIpc) is 2.76. The highest BCUT2D eigenvalue weighted by atomic mass is 32.2. The number of carbonyl (C=O) groups is 1. The van der Waals surface area contributed by atoms with Crippen molar-refractivity contribution in [3.63, 3.8) is 0 Å². The Hall–Kier alpha value is -0.910. The molecular formula is C15H29N3O2S. The van der Waals surface area contributed by atoms with E-state index in [-0.39, 0.29) is 11.7 Å². The lowest BCUT2D eigenvalue weighted by Gasteiger charge is -2.29. The zero-order valence-electron chi connectivity index (χ0n) is 13.1. The van der Waals surface area contributed by atoms with Crippen molar-refractivity contribution in [3.05, 3.63) is 0 Å². The van der Waals surface area contributed by atoms with Crippen molar-refractivity contribution in [3.8, 4) is 0 Å². The van der Waals surface area contributed by atoms with Gasteiger partial charge in [-0.1, -0.05) is 37.3 Å². The molecule has 1 saturated carbocycles. The highest BCUT2D eigenvalue weighted by Gasteiger charge is 2.42. The van der Waals surface area contributed by atoms with Crippen LogP contribution in [0.5, 0.6) is 0 Å². The van der Waals surface area contributed by atoms with Crippen molar-refractivity contribution in [2.45, 2.75) is 57.8 Å². The van der Waals surface area contributed by atoms with Gasteiger partial charge in [-0.05, 0) is 37.7 Å². The van der Waals surface area contributed by atoms with Gasteiger partial charge >= 0.3 is 0 Å². The van der Waals surface area contributed by atoms with Gasteiger partial charge in [0.15, 0.2) is 5.84 Å². The van der Waals surface area contributed by atoms with Crippen LogP contribution in [0, 0.1) is 5.41 Å². The Kier molecular flexibility index (Phi) is 8.57. The number of oxime groups is 1. The molecule has 0 atom stereocenters. The van der Waals surface area contributed by atoms with Gasteiger partial charge in [-0.2, -0.15) is 11.8 Å². The van der Waals surface area contributed by atoms with E-state index in [1.54, 1.807) is 0 Å². The number of carbonyl (C=O) groups excluding carboxylic acids is 1. The molecule has 0 aliphatic heterocycles. The van der Waals surface area contributed by atoms with Crippen molar-refractivity contribution in [1.82, 2.24) is 5.32 Å². The van der Waals surface area contributed by atoms with Gasteiger partial charge in [0.25, 0.3) is 0 Å². The molecule has 122 valence electrons. The Balaban J connectivity index is 2.52. The molecule has 1 aliphatic rings. The van der Waals surface area contributed by atoms with Gasteiger partial charge in [0.1, 0.15) is 5.41 Å². The Morgan fingerprint density at radius 2 is 1.90 bits per heavy atom. The van der Waals surface area contributed by atoms with E-state index in [1.807, 2.05) is 11.8 Å².